The fraction of sp³-hybridized carbons (Fsp3) is 0.0714. The predicted octanol–water partition coefficient (Wildman–Crippen LogP) is 3.73. The maximum Gasteiger partial charge on any atom is 0.251 e. The van der Waals surface area contributed by atoms with E-state index in [1.54, 1.807) is 37.4 Å². The van der Waals surface area contributed by atoms with E-state index in [4.69, 9.17) is 33.7 Å². The van der Waals surface area contributed by atoms with Gasteiger partial charge in [-0.3, -0.25) is 4.79 Å². The molecule has 0 atom stereocenters. The number of carbonyl (C=O) groups is 1. The van der Waals surface area contributed by atoms with E-state index in [-0.39, 0.29) is 5.91 Å². The van der Waals surface area contributed by atoms with Crippen LogP contribution >= 0.6 is 23.2 Å². The molecule has 0 radical (unpaired) electrons. The van der Waals surface area contributed by atoms with Crippen molar-refractivity contribution in [3.8, 4) is 11.5 Å². The molecule has 0 unspecified atom stereocenters. The lowest BCUT2D eigenvalue weighted by Crippen LogP contribution is -2.17. The van der Waals surface area contributed by atoms with Crippen molar-refractivity contribution in [2.45, 2.75) is 0 Å². The number of hydrogen-bond acceptors (Lipinski definition) is 3. The molecule has 2 rings (SSSR count). The van der Waals surface area contributed by atoms with Crippen LogP contribution in [0.3, 0.4) is 0 Å². The van der Waals surface area contributed by atoms with Crippen LogP contribution in [0.15, 0.2) is 36.4 Å². The van der Waals surface area contributed by atoms with Gasteiger partial charge in [0.15, 0.2) is 0 Å². The molecule has 20 heavy (non-hydrogen) atoms. The highest BCUT2D eigenvalue weighted by molar-refractivity contribution is 6.34. The zero-order valence-electron chi connectivity index (χ0n) is 10.6. The minimum atomic E-state index is -0.218. The normalized spacial score (nSPS) is 10.2. The topological polar surface area (TPSA) is 64.3 Å². The Bertz CT molecular complexity index is 660. The largest absolute Gasteiger partial charge is 0.454 e. The Kier molecular flexibility index (Phi) is 4.37. The van der Waals surface area contributed by atoms with Gasteiger partial charge in [0.2, 0.25) is 0 Å². The summed E-state index contributed by atoms with van der Waals surface area (Å²) in [6.45, 7) is 0. The molecule has 0 spiro atoms. The molecule has 0 saturated carbocycles. The highest BCUT2D eigenvalue weighted by Crippen LogP contribution is 2.34. The number of rotatable bonds is 3. The van der Waals surface area contributed by atoms with Gasteiger partial charge < -0.3 is 15.8 Å². The van der Waals surface area contributed by atoms with Crippen LogP contribution in [-0.2, 0) is 0 Å². The van der Waals surface area contributed by atoms with E-state index < -0.39 is 0 Å². The van der Waals surface area contributed by atoms with Crippen LogP contribution in [0, 0.1) is 0 Å². The quantitative estimate of drug-likeness (QED) is 0.849. The summed E-state index contributed by atoms with van der Waals surface area (Å²) in [5, 5.41) is 3.45. The molecule has 4 nitrogen and oxygen atoms in total. The number of amides is 1. The monoisotopic (exact) mass is 310 g/mol. The number of nitrogens with two attached hydrogens (primary N) is 1. The third kappa shape index (κ3) is 3.15. The summed E-state index contributed by atoms with van der Waals surface area (Å²) >= 11 is 11.9. The van der Waals surface area contributed by atoms with Crippen LogP contribution in [0.5, 0.6) is 11.5 Å². The third-order valence-corrected chi connectivity index (χ3v) is 3.16. The van der Waals surface area contributed by atoms with E-state index in [2.05, 4.69) is 5.32 Å². The Morgan fingerprint density at radius 3 is 2.55 bits per heavy atom. The van der Waals surface area contributed by atoms with Crippen LogP contribution in [0.1, 0.15) is 10.4 Å². The zero-order chi connectivity index (χ0) is 14.7. The van der Waals surface area contributed by atoms with Crippen LogP contribution in [0.25, 0.3) is 0 Å². The van der Waals surface area contributed by atoms with Crippen LogP contribution in [0.2, 0.25) is 10.0 Å². The van der Waals surface area contributed by atoms with Crippen LogP contribution < -0.4 is 15.8 Å². The molecule has 0 saturated heterocycles. The fourth-order valence-corrected chi connectivity index (χ4v) is 1.92. The van der Waals surface area contributed by atoms with Crippen molar-refractivity contribution in [3.63, 3.8) is 0 Å². The maximum absolute atomic E-state index is 11.5. The smallest absolute Gasteiger partial charge is 0.251 e. The van der Waals surface area contributed by atoms with E-state index in [1.807, 2.05) is 0 Å². The lowest BCUT2D eigenvalue weighted by molar-refractivity contribution is 0.0963. The first kappa shape index (κ1) is 14.5. The molecule has 1 amide bonds. The number of halogens is 2. The molecule has 2 aromatic carbocycles. The summed E-state index contributed by atoms with van der Waals surface area (Å²) in [4.78, 5) is 11.5. The molecule has 6 heteroatoms. The van der Waals surface area contributed by atoms with E-state index in [0.717, 1.165) is 0 Å². The summed E-state index contributed by atoms with van der Waals surface area (Å²) in [6, 6.07) is 9.64. The fourth-order valence-electron chi connectivity index (χ4n) is 1.60. The van der Waals surface area contributed by atoms with Gasteiger partial charge in [-0.1, -0.05) is 23.2 Å². The molecule has 0 heterocycles. The summed E-state index contributed by atoms with van der Waals surface area (Å²) in [5.41, 5.74) is 6.66. The number of benzene rings is 2. The lowest BCUT2D eigenvalue weighted by Gasteiger charge is -2.11. The van der Waals surface area contributed by atoms with Crippen molar-refractivity contribution in [3.05, 3.63) is 52.0 Å². The maximum atomic E-state index is 11.5. The summed E-state index contributed by atoms with van der Waals surface area (Å²) in [5.74, 6) is 0.587. The number of ether oxygens (including phenoxy) is 1. The molecule has 0 bridgehead atoms. The van der Waals surface area contributed by atoms with Gasteiger partial charge >= 0.3 is 0 Å². The number of anilines is 1. The predicted molar refractivity (Wildman–Crippen MR) is 80.8 cm³/mol. The number of nitrogens with one attached hydrogen (secondary N) is 1. The molecular weight excluding hydrogens is 299 g/mol. The molecule has 0 fully saturated rings. The van der Waals surface area contributed by atoms with Gasteiger partial charge in [-0.15, -0.1) is 0 Å². The Morgan fingerprint density at radius 2 is 1.90 bits per heavy atom. The van der Waals surface area contributed by atoms with E-state index >= 15 is 0 Å². The molecule has 104 valence electrons. The first-order valence-electron chi connectivity index (χ1n) is 5.76. The van der Waals surface area contributed by atoms with E-state index in [9.17, 15) is 4.79 Å². The molecule has 3 N–H and O–H groups in total. The van der Waals surface area contributed by atoms with Crippen molar-refractivity contribution in [1.82, 2.24) is 5.32 Å². The summed E-state index contributed by atoms with van der Waals surface area (Å²) < 4.78 is 5.62. The third-order valence-electron chi connectivity index (χ3n) is 2.61. The average molecular weight is 311 g/mol. The Morgan fingerprint density at radius 1 is 1.15 bits per heavy atom. The summed E-state index contributed by atoms with van der Waals surface area (Å²) in [6.07, 6.45) is 0. The van der Waals surface area contributed by atoms with E-state index in [1.165, 1.54) is 6.07 Å². The molecule has 0 aromatic heterocycles. The first-order valence-corrected chi connectivity index (χ1v) is 6.51. The van der Waals surface area contributed by atoms with Crippen LogP contribution in [-0.4, -0.2) is 13.0 Å². The Balaban J connectivity index is 2.30. The second-order valence-electron chi connectivity index (χ2n) is 4.01. The minimum Gasteiger partial charge on any atom is -0.454 e. The number of nitrogen functional groups attached to an aromatic ring is 1. The molecular formula is C14H12Cl2N2O2. The van der Waals surface area contributed by atoms with Crippen molar-refractivity contribution in [1.29, 1.82) is 0 Å². The van der Waals surface area contributed by atoms with Crippen LogP contribution in [0.4, 0.5) is 5.69 Å². The second kappa shape index (κ2) is 6.03. The molecule has 0 aliphatic rings. The summed E-state index contributed by atoms with van der Waals surface area (Å²) in [7, 11) is 1.55. The van der Waals surface area contributed by atoms with Gasteiger partial charge in [0.05, 0.1) is 10.7 Å². The highest BCUT2D eigenvalue weighted by Gasteiger charge is 2.10. The first-order chi connectivity index (χ1) is 9.51. The van der Waals surface area contributed by atoms with Gasteiger partial charge in [0.1, 0.15) is 11.5 Å². The average Bonchev–Trinajstić information content (AvgIpc) is 2.44. The molecule has 0 aliphatic heterocycles. The second-order valence-corrected chi connectivity index (χ2v) is 4.85. The van der Waals surface area contributed by atoms with Gasteiger partial charge in [-0.2, -0.15) is 0 Å². The van der Waals surface area contributed by atoms with Crippen molar-refractivity contribution < 1.29 is 9.53 Å². The Labute approximate surface area is 126 Å². The Hall–Kier alpha value is -1.91. The van der Waals surface area contributed by atoms with Crippen molar-refractivity contribution in [2.24, 2.45) is 0 Å². The SMILES string of the molecule is CNC(=O)c1ccc(Oc2cc(Cl)ccc2Cl)c(N)c1. The lowest BCUT2D eigenvalue weighted by atomic mass is 10.2. The highest BCUT2D eigenvalue weighted by atomic mass is 35.5. The van der Waals surface area contributed by atoms with Gasteiger partial charge in [-0.25, -0.2) is 0 Å². The van der Waals surface area contributed by atoms with Gasteiger partial charge in [0, 0.05) is 23.7 Å². The number of hydrogen-bond donors (Lipinski definition) is 2. The molecule has 0 aliphatic carbocycles. The minimum absolute atomic E-state index is 0.218. The van der Waals surface area contributed by atoms with Crippen molar-refractivity contribution in [2.75, 3.05) is 12.8 Å². The molecule has 2 aromatic rings. The zero-order valence-corrected chi connectivity index (χ0v) is 12.1. The van der Waals surface area contributed by atoms with Crippen molar-refractivity contribution >= 4 is 34.8 Å². The van der Waals surface area contributed by atoms with E-state index in [0.29, 0.717) is 32.8 Å². The van der Waals surface area contributed by atoms with Gasteiger partial charge in [-0.05, 0) is 30.3 Å². The van der Waals surface area contributed by atoms with Gasteiger partial charge in [0.25, 0.3) is 5.91 Å². The standard InChI is InChI=1S/C14H12Cl2N2O2/c1-18-14(19)8-2-5-12(11(17)6-8)20-13-7-9(15)3-4-10(13)16/h2-7H,17H2,1H3,(H,18,19). The number of carbonyl (C=O) groups excluding carboxylic acids is 1.